The van der Waals surface area contributed by atoms with Crippen molar-refractivity contribution in [3.8, 4) is 17.0 Å². The number of hydrogen-bond acceptors (Lipinski definition) is 5. The minimum absolute atomic E-state index is 0.114. The van der Waals surface area contributed by atoms with Crippen molar-refractivity contribution >= 4 is 22.4 Å². The lowest BCUT2D eigenvalue weighted by Crippen LogP contribution is -2.05. The fraction of sp³-hybridized carbons (Fsp3) is 0.100. The molecule has 0 fully saturated rings. The molecular formula is C20H17N3O3. The zero-order valence-corrected chi connectivity index (χ0v) is 14.4. The van der Waals surface area contributed by atoms with Gasteiger partial charge in [-0.3, -0.25) is 9.48 Å². The van der Waals surface area contributed by atoms with Crippen molar-refractivity contribution in [2.24, 2.45) is 7.05 Å². The standard InChI is InChI=1S/C20H17N3O3/c1-23-10-9-15(22-23)12-7-8-13-17(11-12)26-20(18(13)21)19(24)14-5-3-4-6-16(14)25-2/h3-11H,21H2,1-2H3. The molecule has 0 atom stereocenters. The predicted octanol–water partition coefficient (Wildman–Crippen LogP) is 3.66. The lowest BCUT2D eigenvalue weighted by atomic mass is 10.1. The quantitative estimate of drug-likeness (QED) is 0.570. The van der Waals surface area contributed by atoms with Crippen LogP contribution in [0.2, 0.25) is 0 Å². The van der Waals surface area contributed by atoms with Crippen molar-refractivity contribution in [2.75, 3.05) is 12.8 Å². The highest BCUT2D eigenvalue weighted by Gasteiger charge is 2.23. The molecule has 6 nitrogen and oxygen atoms in total. The number of aryl methyl sites for hydroxylation is 1. The van der Waals surface area contributed by atoms with Crippen LogP contribution in [-0.2, 0) is 7.05 Å². The molecule has 26 heavy (non-hydrogen) atoms. The average molecular weight is 347 g/mol. The van der Waals surface area contributed by atoms with Crippen LogP contribution in [0, 0.1) is 0 Å². The monoisotopic (exact) mass is 347 g/mol. The Labute approximate surface area is 149 Å². The van der Waals surface area contributed by atoms with E-state index in [1.165, 1.54) is 7.11 Å². The van der Waals surface area contributed by atoms with Gasteiger partial charge in [-0.25, -0.2) is 0 Å². The maximum atomic E-state index is 12.9. The van der Waals surface area contributed by atoms with Crippen LogP contribution in [0.3, 0.4) is 0 Å². The first-order chi connectivity index (χ1) is 12.6. The number of fused-ring (bicyclic) bond motifs is 1. The molecule has 0 aliphatic heterocycles. The van der Waals surface area contributed by atoms with Crippen molar-refractivity contribution in [1.29, 1.82) is 0 Å². The zero-order chi connectivity index (χ0) is 18.3. The summed E-state index contributed by atoms with van der Waals surface area (Å²) in [6, 6.07) is 14.5. The first kappa shape index (κ1) is 16.0. The molecule has 0 spiro atoms. The summed E-state index contributed by atoms with van der Waals surface area (Å²) < 4.78 is 12.8. The number of anilines is 1. The van der Waals surface area contributed by atoms with Gasteiger partial charge in [0.1, 0.15) is 11.3 Å². The largest absolute Gasteiger partial charge is 0.496 e. The number of methoxy groups -OCH3 is 1. The Morgan fingerprint density at radius 3 is 2.73 bits per heavy atom. The number of para-hydroxylation sites is 1. The van der Waals surface area contributed by atoms with Crippen molar-refractivity contribution in [3.63, 3.8) is 0 Å². The third kappa shape index (κ3) is 2.52. The number of furan rings is 1. The maximum absolute atomic E-state index is 12.9. The van der Waals surface area contributed by atoms with Crippen LogP contribution in [0.4, 0.5) is 5.69 Å². The van der Waals surface area contributed by atoms with Crippen LogP contribution in [0.1, 0.15) is 16.1 Å². The molecule has 2 N–H and O–H groups in total. The van der Waals surface area contributed by atoms with E-state index < -0.39 is 0 Å². The fourth-order valence-electron chi connectivity index (χ4n) is 2.97. The number of aromatic nitrogens is 2. The van der Waals surface area contributed by atoms with Crippen molar-refractivity contribution in [3.05, 3.63) is 66.1 Å². The maximum Gasteiger partial charge on any atom is 0.234 e. The molecule has 130 valence electrons. The van der Waals surface area contributed by atoms with Gasteiger partial charge in [-0.1, -0.05) is 18.2 Å². The van der Waals surface area contributed by atoms with E-state index in [9.17, 15) is 4.79 Å². The topological polar surface area (TPSA) is 83.3 Å². The second kappa shape index (κ2) is 6.07. The van der Waals surface area contributed by atoms with Crippen LogP contribution in [0.25, 0.3) is 22.2 Å². The molecule has 4 aromatic rings. The van der Waals surface area contributed by atoms with Gasteiger partial charge in [0.05, 0.1) is 24.1 Å². The number of hydrogen-bond donors (Lipinski definition) is 1. The van der Waals surface area contributed by atoms with Crippen molar-refractivity contribution in [1.82, 2.24) is 9.78 Å². The summed E-state index contributed by atoms with van der Waals surface area (Å²) in [5.41, 5.74) is 9.18. The van der Waals surface area contributed by atoms with Gasteiger partial charge in [-0.2, -0.15) is 5.10 Å². The zero-order valence-electron chi connectivity index (χ0n) is 14.4. The highest BCUT2D eigenvalue weighted by molar-refractivity contribution is 6.15. The molecule has 0 aliphatic carbocycles. The molecule has 2 aromatic heterocycles. The van der Waals surface area contributed by atoms with Gasteiger partial charge in [-0.15, -0.1) is 0 Å². The second-order valence-corrected chi connectivity index (χ2v) is 5.96. The molecule has 2 aromatic carbocycles. The molecule has 0 saturated carbocycles. The number of carbonyl (C=O) groups is 1. The molecule has 0 aliphatic rings. The number of nitrogen functional groups attached to an aromatic ring is 1. The summed E-state index contributed by atoms with van der Waals surface area (Å²) in [6.07, 6.45) is 1.87. The lowest BCUT2D eigenvalue weighted by molar-refractivity contribution is 0.101. The highest BCUT2D eigenvalue weighted by atomic mass is 16.5. The van der Waals surface area contributed by atoms with Gasteiger partial charge in [0.15, 0.2) is 5.76 Å². The van der Waals surface area contributed by atoms with Crippen molar-refractivity contribution < 1.29 is 13.9 Å². The Morgan fingerprint density at radius 2 is 2.00 bits per heavy atom. The van der Waals surface area contributed by atoms with E-state index in [0.29, 0.717) is 28.0 Å². The van der Waals surface area contributed by atoms with Gasteiger partial charge in [-0.05, 0) is 30.3 Å². The number of benzene rings is 2. The van der Waals surface area contributed by atoms with E-state index in [0.717, 1.165) is 11.3 Å². The van der Waals surface area contributed by atoms with Crippen LogP contribution in [0.5, 0.6) is 5.75 Å². The molecule has 2 heterocycles. The van der Waals surface area contributed by atoms with Gasteiger partial charge in [0.2, 0.25) is 5.78 Å². The predicted molar refractivity (Wildman–Crippen MR) is 99.3 cm³/mol. The molecule has 0 unspecified atom stereocenters. The number of rotatable bonds is 4. The molecule has 0 amide bonds. The third-order valence-electron chi connectivity index (χ3n) is 4.30. The van der Waals surface area contributed by atoms with Crippen LogP contribution in [0.15, 0.2) is 59.1 Å². The molecule has 0 bridgehead atoms. The molecule has 0 radical (unpaired) electrons. The normalized spacial score (nSPS) is 11.0. The Bertz CT molecular complexity index is 1120. The molecular weight excluding hydrogens is 330 g/mol. The third-order valence-corrected chi connectivity index (χ3v) is 4.30. The first-order valence-corrected chi connectivity index (χ1v) is 8.08. The van der Waals surface area contributed by atoms with Crippen molar-refractivity contribution in [2.45, 2.75) is 0 Å². The number of nitrogens with two attached hydrogens (primary N) is 1. The molecule has 0 saturated heterocycles. The summed E-state index contributed by atoms with van der Waals surface area (Å²) >= 11 is 0. The van der Waals surface area contributed by atoms with E-state index in [-0.39, 0.29) is 11.5 Å². The Kier molecular flexibility index (Phi) is 3.73. The Morgan fingerprint density at radius 1 is 1.19 bits per heavy atom. The van der Waals surface area contributed by atoms with Crippen LogP contribution in [-0.4, -0.2) is 22.7 Å². The van der Waals surface area contributed by atoms with E-state index >= 15 is 0 Å². The van der Waals surface area contributed by atoms with E-state index in [1.54, 1.807) is 28.9 Å². The smallest absolute Gasteiger partial charge is 0.234 e. The average Bonchev–Trinajstić information content (AvgIpc) is 3.24. The summed E-state index contributed by atoms with van der Waals surface area (Å²) in [4.78, 5) is 12.9. The van der Waals surface area contributed by atoms with E-state index in [2.05, 4.69) is 5.10 Å². The van der Waals surface area contributed by atoms with Gasteiger partial charge >= 0.3 is 0 Å². The van der Waals surface area contributed by atoms with Gasteiger partial charge in [0, 0.05) is 24.2 Å². The summed E-state index contributed by atoms with van der Waals surface area (Å²) in [5, 5.41) is 5.08. The van der Waals surface area contributed by atoms with Gasteiger partial charge < -0.3 is 14.9 Å². The first-order valence-electron chi connectivity index (χ1n) is 8.08. The number of carbonyl (C=O) groups excluding carboxylic acids is 1. The number of nitrogens with zero attached hydrogens (tertiary/aromatic N) is 2. The summed E-state index contributed by atoms with van der Waals surface area (Å²) in [6.45, 7) is 0. The SMILES string of the molecule is COc1ccccc1C(=O)c1oc2cc(-c3ccn(C)n3)ccc2c1N. The molecule has 6 heteroatoms. The fourth-order valence-corrected chi connectivity index (χ4v) is 2.97. The van der Waals surface area contributed by atoms with Gasteiger partial charge in [0.25, 0.3) is 0 Å². The minimum Gasteiger partial charge on any atom is -0.496 e. The van der Waals surface area contributed by atoms with Crippen LogP contribution < -0.4 is 10.5 Å². The van der Waals surface area contributed by atoms with E-state index in [1.807, 2.05) is 37.5 Å². The summed E-state index contributed by atoms with van der Waals surface area (Å²) in [7, 11) is 3.38. The van der Waals surface area contributed by atoms with Crippen LogP contribution >= 0.6 is 0 Å². The lowest BCUT2D eigenvalue weighted by Gasteiger charge is -2.05. The highest BCUT2D eigenvalue weighted by Crippen LogP contribution is 2.34. The van der Waals surface area contributed by atoms with E-state index in [4.69, 9.17) is 14.9 Å². The Balaban J connectivity index is 1.81. The summed E-state index contributed by atoms with van der Waals surface area (Å²) in [5.74, 6) is 0.282. The Hall–Kier alpha value is -3.54. The number of ether oxygens (including phenoxy) is 1. The number of ketones is 1. The second-order valence-electron chi connectivity index (χ2n) is 5.96. The minimum atomic E-state index is -0.310. The molecule has 4 rings (SSSR count).